The van der Waals surface area contributed by atoms with Crippen LogP contribution in [0.15, 0.2) is 30.5 Å². The molecule has 0 radical (unpaired) electrons. The van der Waals surface area contributed by atoms with Gasteiger partial charge < -0.3 is 14.5 Å². The molecule has 0 saturated carbocycles. The lowest BCUT2D eigenvalue weighted by Crippen LogP contribution is -2.26. The molecular formula is C19H18F2N3O7P. The van der Waals surface area contributed by atoms with Crippen LogP contribution in [0.3, 0.4) is 0 Å². The molecule has 2 aliphatic heterocycles. The van der Waals surface area contributed by atoms with Crippen LogP contribution in [-0.4, -0.2) is 52.6 Å². The normalized spacial score (nSPS) is 19.1. The molecular weight excluding hydrogens is 451 g/mol. The number of anilines is 2. The van der Waals surface area contributed by atoms with E-state index in [2.05, 4.69) is 9.51 Å². The average molecular weight is 469 g/mol. The number of aromatic nitrogens is 1. The minimum absolute atomic E-state index is 0.0611. The van der Waals surface area contributed by atoms with Gasteiger partial charge in [0, 0.05) is 24.7 Å². The van der Waals surface area contributed by atoms with E-state index in [9.17, 15) is 22.9 Å². The maximum atomic E-state index is 14.8. The summed E-state index contributed by atoms with van der Waals surface area (Å²) in [6.07, 6.45) is 0.460. The van der Waals surface area contributed by atoms with Gasteiger partial charge in [-0.05, 0) is 30.7 Å². The summed E-state index contributed by atoms with van der Waals surface area (Å²) < 4.78 is 49.6. The Morgan fingerprint density at radius 3 is 2.47 bits per heavy atom. The van der Waals surface area contributed by atoms with Crippen molar-refractivity contribution in [3.05, 3.63) is 42.1 Å². The number of benzene rings is 1. The first-order valence-corrected chi connectivity index (χ1v) is 11.1. The van der Waals surface area contributed by atoms with Crippen LogP contribution in [0.2, 0.25) is 0 Å². The maximum Gasteiger partial charge on any atom is 0.469 e. The number of carbonyl (C=O) groups excluding carboxylic acids is 2. The van der Waals surface area contributed by atoms with Gasteiger partial charge in [-0.25, -0.2) is 23.1 Å². The number of phosphoric acid groups is 1. The average Bonchev–Trinajstić information content (AvgIpc) is 3.31. The van der Waals surface area contributed by atoms with Gasteiger partial charge in [0.2, 0.25) is 5.91 Å². The van der Waals surface area contributed by atoms with Gasteiger partial charge in [0.05, 0.1) is 24.4 Å². The van der Waals surface area contributed by atoms with Crippen molar-refractivity contribution in [3.63, 3.8) is 0 Å². The number of pyridine rings is 1. The number of hydrogen-bond donors (Lipinski definition) is 2. The summed E-state index contributed by atoms with van der Waals surface area (Å²) in [6.45, 7) is -0.251. The van der Waals surface area contributed by atoms with Crippen LogP contribution in [0.25, 0.3) is 11.1 Å². The molecule has 4 rings (SSSR count). The first-order chi connectivity index (χ1) is 15.1. The Balaban J connectivity index is 1.53. The van der Waals surface area contributed by atoms with Crippen molar-refractivity contribution < 1.29 is 42.0 Å². The van der Waals surface area contributed by atoms with Crippen LogP contribution in [0.5, 0.6) is 0 Å². The molecule has 32 heavy (non-hydrogen) atoms. The van der Waals surface area contributed by atoms with Crippen LogP contribution < -0.4 is 9.80 Å². The zero-order valence-electron chi connectivity index (χ0n) is 16.5. The van der Waals surface area contributed by atoms with Gasteiger partial charge in [-0.3, -0.25) is 19.1 Å². The minimum atomic E-state index is -4.76. The number of halogens is 2. The second-order valence-electron chi connectivity index (χ2n) is 7.24. The fraction of sp³-hybridized carbons (Fsp3) is 0.316. The van der Waals surface area contributed by atoms with Crippen LogP contribution >= 0.6 is 7.82 Å². The molecule has 1 atom stereocenters. The Bertz CT molecular complexity index is 1090. The molecule has 13 heteroatoms. The fourth-order valence-electron chi connectivity index (χ4n) is 3.57. The predicted octanol–water partition coefficient (Wildman–Crippen LogP) is 2.59. The van der Waals surface area contributed by atoms with Gasteiger partial charge in [0.15, 0.2) is 0 Å². The third-order valence-electron chi connectivity index (χ3n) is 5.03. The van der Waals surface area contributed by atoms with E-state index in [1.165, 1.54) is 23.2 Å². The van der Waals surface area contributed by atoms with Crippen molar-refractivity contribution in [1.82, 2.24) is 4.98 Å². The SMILES string of the molecule is O=C1O[C@@H](COP(=O)(O)O)CN1c1cc(F)c(-c2ccc(N3CCCC3=O)nc2)c(F)c1. The molecule has 1 aromatic heterocycles. The molecule has 0 aliphatic carbocycles. The van der Waals surface area contributed by atoms with Crippen molar-refractivity contribution in [3.8, 4) is 11.1 Å². The Morgan fingerprint density at radius 1 is 1.19 bits per heavy atom. The molecule has 2 aliphatic rings. The molecule has 3 heterocycles. The minimum Gasteiger partial charge on any atom is -0.441 e. The van der Waals surface area contributed by atoms with E-state index < -0.39 is 38.3 Å². The molecule has 2 fully saturated rings. The summed E-state index contributed by atoms with van der Waals surface area (Å²) in [5.41, 5.74) is -0.326. The zero-order valence-corrected chi connectivity index (χ0v) is 17.4. The zero-order chi connectivity index (χ0) is 23.0. The number of cyclic esters (lactones) is 1. The smallest absolute Gasteiger partial charge is 0.441 e. The third kappa shape index (κ3) is 4.63. The molecule has 2 saturated heterocycles. The van der Waals surface area contributed by atoms with Gasteiger partial charge in [-0.15, -0.1) is 0 Å². The van der Waals surface area contributed by atoms with Crippen molar-refractivity contribution in [2.45, 2.75) is 18.9 Å². The highest BCUT2D eigenvalue weighted by Crippen LogP contribution is 2.37. The van der Waals surface area contributed by atoms with Gasteiger partial charge >= 0.3 is 13.9 Å². The largest absolute Gasteiger partial charge is 0.469 e. The second kappa shape index (κ2) is 8.55. The summed E-state index contributed by atoms with van der Waals surface area (Å²) >= 11 is 0. The molecule has 0 bridgehead atoms. The Morgan fingerprint density at radius 2 is 1.91 bits per heavy atom. The number of amides is 2. The summed E-state index contributed by atoms with van der Waals surface area (Å²) in [4.78, 5) is 47.9. The molecule has 0 spiro atoms. The van der Waals surface area contributed by atoms with Gasteiger partial charge in [-0.2, -0.15) is 0 Å². The number of nitrogens with zero attached hydrogens (tertiary/aromatic N) is 3. The monoisotopic (exact) mass is 469 g/mol. The lowest BCUT2D eigenvalue weighted by atomic mass is 10.1. The number of carbonyl (C=O) groups is 2. The highest BCUT2D eigenvalue weighted by molar-refractivity contribution is 7.46. The van der Waals surface area contributed by atoms with E-state index in [0.717, 1.165) is 23.5 Å². The molecule has 2 amide bonds. The Kier molecular flexibility index (Phi) is 5.95. The molecule has 170 valence electrons. The van der Waals surface area contributed by atoms with Crippen LogP contribution in [0.4, 0.5) is 25.1 Å². The standard InChI is InChI=1S/C19H18F2N3O7P/c20-14-6-12(24-9-13(31-19(24)26)10-30-32(27,28)29)7-15(21)18(14)11-3-4-16(22-8-11)23-5-1-2-17(23)25/h3-4,6-8,13H,1-2,5,9-10H2,(H2,27,28,29)/t13-/m1/s1. The Labute approximate surface area is 180 Å². The summed E-state index contributed by atoms with van der Waals surface area (Å²) in [5, 5.41) is 0. The van der Waals surface area contributed by atoms with Crippen LogP contribution in [0, 0.1) is 11.6 Å². The fourth-order valence-corrected chi connectivity index (χ4v) is 3.94. The number of hydrogen-bond acceptors (Lipinski definition) is 6. The molecule has 1 aromatic carbocycles. The van der Waals surface area contributed by atoms with Crippen LogP contribution in [-0.2, 0) is 18.6 Å². The Hall–Kier alpha value is -2.92. The molecule has 10 nitrogen and oxygen atoms in total. The number of rotatable bonds is 6. The lowest BCUT2D eigenvalue weighted by molar-refractivity contribution is -0.117. The van der Waals surface area contributed by atoms with Crippen molar-refractivity contribution >= 4 is 31.3 Å². The third-order valence-corrected chi connectivity index (χ3v) is 5.51. The number of ether oxygens (including phenoxy) is 1. The lowest BCUT2D eigenvalue weighted by Gasteiger charge is -2.16. The van der Waals surface area contributed by atoms with E-state index in [1.807, 2.05) is 0 Å². The first kappa shape index (κ1) is 22.3. The van der Waals surface area contributed by atoms with E-state index in [4.69, 9.17) is 14.5 Å². The first-order valence-electron chi connectivity index (χ1n) is 9.56. The quantitative estimate of drug-likeness (QED) is 0.618. The van der Waals surface area contributed by atoms with Gasteiger partial charge in [0.25, 0.3) is 0 Å². The van der Waals surface area contributed by atoms with E-state index >= 15 is 0 Å². The summed E-state index contributed by atoms with van der Waals surface area (Å²) in [7, 11) is -4.76. The van der Waals surface area contributed by atoms with Gasteiger partial charge in [0.1, 0.15) is 23.6 Å². The maximum absolute atomic E-state index is 14.8. The summed E-state index contributed by atoms with van der Waals surface area (Å²) in [6, 6.07) is 4.86. The van der Waals surface area contributed by atoms with Crippen molar-refractivity contribution in [2.24, 2.45) is 0 Å². The van der Waals surface area contributed by atoms with Crippen LogP contribution in [0.1, 0.15) is 12.8 Å². The van der Waals surface area contributed by atoms with Gasteiger partial charge in [-0.1, -0.05) is 0 Å². The van der Waals surface area contributed by atoms with E-state index in [0.29, 0.717) is 18.8 Å². The predicted molar refractivity (Wildman–Crippen MR) is 107 cm³/mol. The molecule has 2 N–H and O–H groups in total. The molecule has 2 aromatic rings. The topological polar surface area (TPSA) is 130 Å². The molecule has 0 unspecified atom stereocenters. The van der Waals surface area contributed by atoms with E-state index in [-0.39, 0.29) is 29.3 Å². The number of phosphoric ester groups is 1. The highest BCUT2D eigenvalue weighted by atomic mass is 31.2. The van der Waals surface area contributed by atoms with Crippen molar-refractivity contribution in [2.75, 3.05) is 29.5 Å². The summed E-state index contributed by atoms with van der Waals surface area (Å²) in [5.74, 6) is -1.56. The second-order valence-corrected chi connectivity index (χ2v) is 8.48. The highest BCUT2D eigenvalue weighted by Gasteiger charge is 2.35. The van der Waals surface area contributed by atoms with E-state index in [1.54, 1.807) is 0 Å². The van der Waals surface area contributed by atoms with Crippen molar-refractivity contribution in [1.29, 1.82) is 0 Å².